The predicted octanol–water partition coefficient (Wildman–Crippen LogP) is 4.32. The number of benzene rings is 2. The number of amides is 1. The fourth-order valence-electron chi connectivity index (χ4n) is 4.30. The number of furan rings is 1. The van der Waals surface area contributed by atoms with Crippen LogP contribution >= 0.6 is 0 Å². The number of carbonyl (C=O) groups excluding carboxylic acids is 1. The van der Waals surface area contributed by atoms with Gasteiger partial charge in [-0.3, -0.25) is 9.69 Å². The fraction of sp³-hybridized carbons (Fsp3) is 0.375. The molecule has 7 heteroatoms. The molecule has 7 nitrogen and oxygen atoms in total. The van der Waals surface area contributed by atoms with E-state index in [4.69, 9.17) is 13.9 Å². The number of ether oxygens (including phenoxy) is 2. The maximum absolute atomic E-state index is 13.2. The highest BCUT2D eigenvalue weighted by molar-refractivity contribution is 6.14. The number of phenolic OH excluding ortho intramolecular Hbond substituents is 1. The molecule has 0 bridgehead atoms. The van der Waals surface area contributed by atoms with Crippen LogP contribution in [0.1, 0.15) is 35.5 Å². The molecule has 31 heavy (non-hydrogen) atoms. The number of rotatable bonds is 5. The largest absolute Gasteiger partial charge is 0.508 e. The Kier molecular flexibility index (Phi) is 5.89. The van der Waals surface area contributed by atoms with E-state index in [1.165, 1.54) is 0 Å². The SMILES string of the molecule is COc1ccc(NC(=O)c2c(C)oc3ccc(O)c(CN4CC(C)OC(C)C4)c23)cc1. The van der Waals surface area contributed by atoms with Gasteiger partial charge in [0.1, 0.15) is 22.8 Å². The van der Waals surface area contributed by atoms with Crippen molar-refractivity contribution in [3.05, 3.63) is 53.3 Å². The Morgan fingerprint density at radius 3 is 2.48 bits per heavy atom. The van der Waals surface area contributed by atoms with E-state index >= 15 is 0 Å². The lowest BCUT2D eigenvalue weighted by Crippen LogP contribution is -2.44. The highest BCUT2D eigenvalue weighted by atomic mass is 16.5. The van der Waals surface area contributed by atoms with Crippen LogP contribution in [0.5, 0.6) is 11.5 Å². The maximum Gasteiger partial charge on any atom is 0.259 e. The number of morpholine rings is 1. The van der Waals surface area contributed by atoms with E-state index in [1.54, 1.807) is 50.4 Å². The Bertz CT molecular complexity index is 1080. The van der Waals surface area contributed by atoms with E-state index in [2.05, 4.69) is 10.2 Å². The summed E-state index contributed by atoms with van der Waals surface area (Å²) in [7, 11) is 1.60. The molecule has 1 fully saturated rings. The molecule has 1 aliphatic rings. The molecule has 2 heterocycles. The number of hydrogen-bond acceptors (Lipinski definition) is 6. The summed E-state index contributed by atoms with van der Waals surface area (Å²) in [5.41, 5.74) is 2.36. The molecule has 4 rings (SSSR count). The van der Waals surface area contributed by atoms with Crippen molar-refractivity contribution in [1.29, 1.82) is 0 Å². The zero-order valence-electron chi connectivity index (χ0n) is 18.3. The molecular formula is C24H28N2O5. The van der Waals surface area contributed by atoms with Crippen LogP contribution in [0.15, 0.2) is 40.8 Å². The quantitative estimate of drug-likeness (QED) is 0.635. The number of methoxy groups -OCH3 is 1. The van der Waals surface area contributed by atoms with Gasteiger partial charge in [0.25, 0.3) is 5.91 Å². The van der Waals surface area contributed by atoms with Crippen LogP contribution in [0.2, 0.25) is 0 Å². The summed E-state index contributed by atoms with van der Waals surface area (Å²) in [6.45, 7) is 7.86. The van der Waals surface area contributed by atoms with Gasteiger partial charge in [-0.2, -0.15) is 0 Å². The van der Waals surface area contributed by atoms with Crippen molar-refractivity contribution in [2.24, 2.45) is 0 Å². The van der Waals surface area contributed by atoms with Crippen molar-refractivity contribution in [2.45, 2.75) is 39.5 Å². The van der Waals surface area contributed by atoms with E-state index in [-0.39, 0.29) is 23.9 Å². The predicted molar refractivity (Wildman–Crippen MR) is 119 cm³/mol. The summed E-state index contributed by atoms with van der Waals surface area (Å²) in [5.74, 6) is 1.09. The van der Waals surface area contributed by atoms with Gasteiger partial charge in [0, 0.05) is 36.3 Å². The lowest BCUT2D eigenvalue weighted by molar-refractivity contribution is -0.0705. The van der Waals surface area contributed by atoms with Crippen LogP contribution in [-0.4, -0.2) is 48.3 Å². The van der Waals surface area contributed by atoms with Crippen molar-refractivity contribution in [3.8, 4) is 11.5 Å². The second-order valence-corrected chi connectivity index (χ2v) is 8.10. The van der Waals surface area contributed by atoms with Crippen molar-refractivity contribution in [2.75, 3.05) is 25.5 Å². The Balaban J connectivity index is 1.69. The smallest absolute Gasteiger partial charge is 0.259 e. The number of phenols is 1. The molecule has 1 aromatic heterocycles. The lowest BCUT2D eigenvalue weighted by atomic mass is 10.0. The Hall–Kier alpha value is -3.03. The molecule has 2 unspecified atom stereocenters. The number of fused-ring (bicyclic) bond motifs is 1. The molecule has 1 amide bonds. The average molecular weight is 424 g/mol. The summed E-state index contributed by atoms with van der Waals surface area (Å²) < 4.78 is 16.9. The fourth-order valence-corrected chi connectivity index (χ4v) is 4.30. The Labute approximate surface area is 181 Å². The van der Waals surface area contributed by atoms with Crippen molar-refractivity contribution < 1.29 is 23.8 Å². The van der Waals surface area contributed by atoms with Gasteiger partial charge in [-0.25, -0.2) is 0 Å². The van der Waals surface area contributed by atoms with E-state index in [0.29, 0.717) is 45.8 Å². The summed E-state index contributed by atoms with van der Waals surface area (Å²) in [6.07, 6.45) is 0.211. The number of nitrogens with one attached hydrogen (secondary N) is 1. The molecule has 3 aromatic rings. The first-order valence-corrected chi connectivity index (χ1v) is 10.4. The third-order valence-corrected chi connectivity index (χ3v) is 5.57. The molecule has 2 N–H and O–H groups in total. The monoisotopic (exact) mass is 424 g/mol. The molecule has 0 radical (unpaired) electrons. The van der Waals surface area contributed by atoms with E-state index in [1.807, 2.05) is 13.8 Å². The van der Waals surface area contributed by atoms with Crippen molar-refractivity contribution >= 4 is 22.6 Å². The standard InChI is InChI=1S/C24H28N2O5/c1-14-11-26(12-15(2)30-14)13-19-20(27)9-10-21-23(19)22(16(3)31-21)24(28)25-17-5-7-18(29-4)8-6-17/h5-10,14-15,27H,11-13H2,1-4H3,(H,25,28). The van der Waals surface area contributed by atoms with Crippen LogP contribution in [0, 0.1) is 6.92 Å². The van der Waals surface area contributed by atoms with E-state index in [0.717, 1.165) is 13.1 Å². The number of nitrogens with zero attached hydrogens (tertiary/aromatic N) is 1. The summed E-state index contributed by atoms with van der Waals surface area (Å²) in [4.78, 5) is 15.4. The molecule has 0 aliphatic carbocycles. The molecular weight excluding hydrogens is 396 g/mol. The van der Waals surface area contributed by atoms with Crippen molar-refractivity contribution in [3.63, 3.8) is 0 Å². The van der Waals surface area contributed by atoms with Gasteiger partial charge >= 0.3 is 0 Å². The van der Waals surface area contributed by atoms with Gasteiger partial charge in [0.2, 0.25) is 0 Å². The first-order chi connectivity index (χ1) is 14.9. The minimum absolute atomic E-state index is 0.106. The van der Waals surface area contributed by atoms with Gasteiger partial charge in [0.05, 0.1) is 24.9 Å². The average Bonchev–Trinajstić information content (AvgIpc) is 3.06. The first-order valence-electron chi connectivity index (χ1n) is 10.4. The van der Waals surface area contributed by atoms with Gasteiger partial charge in [-0.15, -0.1) is 0 Å². The zero-order valence-corrected chi connectivity index (χ0v) is 18.3. The highest BCUT2D eigenvalue weighted by Crippen LogP contribution is 2.35. The zero-order chi connectivity index (χ0) is 22.1. The minimum Gasteiger partial charge on any atom is -0.508 e. The van der Waals surface area contributed by atoms with Crippen LogP contribution in [0.3, 0.4) is 0 Å². The maximum atomic E-state index is 13.2. The number of hydrogen-bond donors (Lipinski definition) is 2. The second-order valence-electron chi connectivity index (χ2n) is 8.10. The molecule has 1 aliphatic heterocycles. The summed E-state index contributed by atoms with van der Waals surface area (Å²) in [6, 6.07) is 10.5. The molecule has 2 atom stereocenters. The topological polar surface area (TPSA) is 84.2 Å². The minimum atomic E-state index is -0.281. The third kappa shape index (κ3) is 4.38. The van der Waals surface area contributed by atoms with Gasteiger partial charge in [0.15, 0.2) is 0 Å². The van der Waals surface area contributed by atoms with Crippen LogP contribution in [0.4, 0.5) is 5.69 Å². The second kappa shape index (κ2) is 8.61. The molecule has 0 saturated carbocycles. The normalized spacial score (nSPS) is 19.5. The molecule has 0 spiro atoms. The molecule has 1 saturated heterocycles. The van der Waals surface area contributed by atoms with Crippen molar-refractivity contribution in [1.82, 2.24) is 4.90 Å². The number of aryl methyl sites for hydroxylation is 1. The van der Waals surface area contributed by atoms with Crippen LogP contribution in [-0.2, 0) is 11.3 Å². The first kappa shape index (κ1) is 21.2. The van der Waals surface area contributed by atoms with E-state index < -0.39 is 0 Å². The highest BCUT2D eigenvalue weighted by Gasteiger charge is 2.27. The Morgan fingerprint density at radius 2 is 1.84 bits per heavy atom. The lowest BCUT2D eigenvalue weighted by Gasteiger charge is -2.35. The Morgan fingerprint density at radius 1 is 1.16 bits per heavy atom. The summed E-state index contributed by atoms with van der Waals surface area (Å²) >= 11 is 0. The van der Waals surface area contributed by atoms with Gasteiger partial charge in [-0.1, -0.05) is 0 Å². The number of carbonyl (C=O) groups is 1. The number of aromatic hydroxyl groups is 1. The molecule has 2 aromatic carbocycles. The molecule has 164 valence electrons. The van der Waals surface area contributed by atoms with Crippen LogP contribution < -0.4 is 10.1 Å². The third-order valence-electron chi connectivity index (χ3n) is 5.57. The summed E-state index contributed by atoms with van der Waals surface area (Å²) in [5, 5.41) is 14.3. The van der Waals surface area contributed by atoms with Gasteiger partial charge < -0.3 is 24.3 Å². The number of anilines is 1. The van der Waals surface area contributed by atoms with E-state index in [9.17, 15) is 9.90 Å². The van der Waals surface area contributed by atoms with Crippen LogP contribution in [0.25, 0.3) is 11.0 Å². The van der Waals surface area contributed by atoms with Gasteiger partial charge in [-0.05, 0) is 57.2 Å².